The molecule has 20 heavy (non-hydrogen) atoms. The largest absolute Gasteiger partial charge is 0.493 e. The molecule has 3 nitrogen and oxygen atoms in total. The average Bonchev–Trinajstić information content (AvgIpc) is 2.45. The second kappa shape index (κ2) is 9.40. The molecule has 0 bridgehead atoms. The third-order valence-electron chi connectivity index (χ3n) is 2.88. The van der Waals surface area contributed by atoms with Crippen LogP contribution >= 0.6 is 0 Å². The number of rotatable bonds is 9. The third-order valence-corrected chi connectivity index (χ3v) is 2.88. The zero-order valence-electron chi connectivity index (χ0n) is 12.9. The first-order valence-corrected chi connectivity index (χ1v) is 7.53. The lowest BCUT2D eigenvalue weighted by Crippen LogP contribution is -2.08. The van der Waals surface area contributed by atoms with Crippen LogP contribution in [-0.2, 0) is 4.74 Å². The molecule has 0 aliphatic heterocycles. The molecule has 1 rings (SSSR count). The van der Waals surface area contributed by atoms with Crippen LogP contribution in [-0.4, -0.2) is 19.2 Å². The molecule has 0 N–H and O–H groups in total. The normalized spacial score (nSPS) is 10.6. The SMILES string of the molecule is CCCCCCOC(=O)c1cccc(OCC(C)C)c1. The van der Waals surface area contributed by atoms with Gasteiger partial charge in [0.25, 0.3) is 0 Å². The molecule has 0 atom stereocenters. The van der Waals surface area contributed by atoms with E-state index in [9.17, 15) is 4.79 Å². The maximum absolute atomic E-state index is 11.9. The van der Waals surface area contributed by atoms with Gasteiger partial charge in [-0.1, -0.05) is 46.1 Å². The lowest BCUT2D eigenvalue weighted by molar-refractivity contribution is 0.0497. The fourth-order valence-electron chi connectivity index (χ4n) is 1.75. The summed E-state index contributed by atoms with van der Waals surface area (Å²) in [5.41, 5.74) is 0.557. The molecule has 0 saturated carbocycles. The number of esters is 1. The minimum absolute atomic E-state index is 0.267. The minimum atomic E-state index is -0.267. The van der Waals surface area contributed by atoms with Gasteiger partial charge >= 0.3 is 5.97 Å². The number of carbonyl (C=O) groups is 1. The van der Waals surface area contributed by atoms with Crippen molar-refractivity contribution >= 4 is 5.97 Å². The van der Waals surface area contributed by atoms with Crippen LogP contribution in [0.3, 0.4) is 0 Å². The van der Waals surface area contributed by atoms with E-state index in [0.29, 0.717) is 24.7 Å². The van der Waals surface area contributed by atoms with Crippen LogP contribution in [0, 0.1) is 5.92 Å². The van der Waals surface area contributed by atoms with Gasteiger partial charge < -0.3 is 9.47 Å². The first-order chi connectivity index (χ1) is 9.63. The summed E-state index contributed by atoms with van der Waals surface area (Å²) in [6.07, 6.45) is 4.42. The molecule has 0 heterocycles. The highest BCUT2D eigenvalue weighted by Crippen LogP contribution is 2.15. The molecule has 0 saturated heterocycles. The lowest BCUT2D eigenvalue weighted by atomic mass is 10.2. The first kappa shape index (κ1) is 16.5. The van der Waals surface area contributed by atoms with E-state index in [4.69, 9.17) is 9.47 Å². The second-order valence-electron chi connectivity index (χ2n) is 5.43. The third kappa shape index (κ3) is 6.60. The molecule has 0 aliphatic rings. The van der Waals surface area contributed by atoms with E-state index in [1.165, 1.54) is 12.8 Å². The van der Waals surface area contributed by atoms with E-state index in [2.05, 4.69) is 20.8 Å². The van der Waals surface area contributed by atoms with Crippen molar-refractivity contribution in [2.24, 2.45) is 5.92 Å². The predicted octanol–water partition coefficient (Wildman–Crippen LogP) is 4.46. The van der Waals surface area contributed by atoms with Crippen LogP contribution in [0.4, 0.5) is 0 Å². The van der Waals surface area contributed by atoms with Gasteiger partial charge in [-0.15, -0.1) is 0 Å². The van der Waals surface area contributed by atoms with E-state index in [0.717, 1.165) is 18.6 Å². The van der Waals surface area contributed by atoms with Crippen molar-refractivity contribution in [2.45, 2.75) is 46.5 Å². The quantitative estimate of drug-likeness (QED) is 0.494. The minimum Gasteiger partial charge on any atom is -0.493 e. The summed E-state index contributed by atoms with van der Waals surface area (Å²) >= 11 is 0. The van der Waals surface area contributed by atoms with Gasteiger partial charge in [0, 0.05) is 0 Å². The van der Waals surface area contributed by atoms with Crippen LogP contribution in [0.5, 0.6) is 5.75 Å². The molecule has 112 valence electrons. The standard InChI is InChI=1S/C17H26O3/c1-4-5-6-7-11-19-17(18)15-9-8-10-16(12-15)20-13-14(2)3/h8-10,12,14H,4-7,11,13H2,1-3H3. The van der Waals surface area contributed by atoms with Crippen LogP contribution < -0.4 is 4.74 Å². The molecule has 0 spiro atoms. The maximum atomic E-state index is 11.9. The summed E-state index contributed by atoms with van der Waals surface area (Å²) in [5, 5.41) is 0. The lowest BCUT2D eigenvalue weighted by Gasteiger charge is -2.10. The summed E-state index contributed by atoms with van der Waals surface area (Å²) in [6.45, 7) is 7.49. The summed E-state index contributed by atoms with van der Waals surface area (Å²) in [4.78, 5) is 11.9. The van der Waals surface area contributed by atoms with Crippen molar-refractivity contribution in [2.75, 3.05) is 13.2 Å². The molecule has 1 aromatic carbocycles. The van der Waals surface area contributed by atoms with E-state index in [1.54, 1.807) is 12.1 Å². The highest BCUT2D eigenvalue weighted by molar-refractivity contribution is 5.89. The van der Waals surface area contributed by atoms with Gasteiger partial charge in [-0.05, 0) is 30.5 Å². The fourth-order valence-corrected chi connectivity index (χ4v) is 1.75. The molecule has 0 unspecified atom stereocenters. The van der Waals surface area contributed by atoms with E-state index in [-0.39, 0.29) is 5.97 Å². The van der Waals surface area contributed by atoms with Crippen molar-refractivity contribution in [3.63, 3.8) is 0 Å². The predicted molar refractivity (Wildman–Crippen MR) is 81.2 cm³/mol. The Morgan fingerprint density at radius 2 is 2.00 bits per heavy atom. The number of hydrogen-bond acceptors (Lipinski definition) is 3. The van der Waals surface area contributed by atoms with Crippen LogP contribution in [0.1, 0.15) is 56.8 Å². The number of hydrogen-bond donors (Lipinski definition) is 0. The molecule has 0 fully saturated rings. The van der Waals surface area contributed by atoms with Crippen molar-refractivity contribution in [1.29, 1.82) is 0 Å². The Hall–Kier alpha value is -1.51. The van der Waals surface area contributed by atoms with Gasteiger partial charge in [-0.3, -0.25) is 0 Å². The molecular weight excluding hydrogens is 252 g/mol. The topological polar surface area (TPSA) is 35.5 Å². The Balaban J connectivity index is 2.41. The Labute approximate surface area is 122 Å². The summed E-state index contributed by atoms with van der Waals surface area (Å²) < 4.78 is 10.9. The Kier molecular flexibility index (Phi) is 7.78. The van der Waals surface area contributed by atoms with Crippen LogP contribution in [0.15, 0.2) is 24.3 Å². The molecule has 0 aromatic heterocycles. The Bertz CT molecular complexity index is 399. The maximum Gasteiger partial charge on any atom is 0.338 e. The monoisotopic (exact) mass is 278 g/mol. The number of unbranched alkanes of at least 4 members (excludes halogenated alkanes) is 3. The van der Waals surface area contributed by atoms with Gasteiger partial charge in [0.2, 0.25) is 0 Å². The van der Waals surface area contributed by atoms with Crippen molar-refractivity contribution in [3.8, 4) is 5.75 Å². The van der Waals surface area contributed by atoms with E-state index < -0.39 is 0 Å². The van der Waals surface area contributed by atoms with Crippen molar-refractivity contribution < 1.29 is 14.3 Å². The van der Waals surface area contributed by atoms with Crippen LogP contribution in [0.25, 0.3) is 0 Å². The molecule has 3 heteroatoms. The Morgan fingerprint density at radius 1 is 1.20 bits per heavy atom. The average molecular weight is 278 g/mol. The first-order valence-electron chi connectivity index (χ1n) is 7.53. The highest BCUT2D eigenvalue weighted by atomic mass is 16.5. The molecule has 0 aliphatic carbocycles. The van der Waals surface area contributed by atoms with Gasteiger partial charge in [0.15, 0.2) is 0 Å². The number of benzene rings is 1. The Morgan fingerprint density at radius 3 is 2.70 bits per heavy atom. The summed E-state index contributed by atoms with van der Waals surface area (Å²) in [7, 11) is 0. The number of carbonyl (C=O) groups excluding carboxylic acids is 1. The smallest absolute Gasteiger partial charge is 0.338 e. The molecule has 0 radical (unpaired) electrons. The second-order valence-corrected chi connectivity index (χ2v) is 5.43. The van der Waals surface area contributed by atoms with E-state index in [1.807, 2.05) is 12.1 Å². The molecule has 0 amide bonds. The highest BCUT2D eigenvalue weighted by Gasteiger charge is 2.08. The van der Waals surface area contributed by atoms with Crippen molar-refractivity contribution in [3.05, 3.63) is 29.8 Å². The van der Waals surface area contributed by atoms with Gasteiger partial charge in [-0.25, -0.2) is 4.79 Å². The summed E-state index contributed by atoms with van der Waals surface area (Å²) in [6, 6.07) is 7.19. The fraction of sp³-hybridized carbons (Fsp3) is 0.588. The zero-order chi connectivity index (χ0) is 14.8. The zero-order valence-corrected chi connectivity index (χ0v) is 12.9. The van der Waals surface area contributed by atoms with Crippen LogP contribution in [0.2, 0.25) is 0 Å². The van der Waals surface area contributed by atoms with E-state index >= 15 is 0 Å². The van der Waals surface area contributed by atoms with Gasteiger partial charge in [-0.2, -0.15) is 0 Å². The molecular formula is C17H26O3. The molecule has 1 aromatic rings. The van der Waals surface area contributed by atoms with Gasteiger partial charge in [0.05, 0.1) is 18.8 Å². The summed E-state index contributed by atoms with van der Waals surface area (Å²) in [5.74, 6) is 0.916. The van der Waals surface area contributed by atoms with Gasteiger partial charge in [0.1, 0.15) is 5.75 Å². The van der Waals surface area contributed by atoms with Crippen molar-refractivity contribution in [1.82, 2.24) is 0 Å². The number of ether oxygens (including phenoxy) is 2.